The van der Waals surface area contributed by atoms with Crippen molar-refractivity contribution >= 4 is 20.1 Å². The molecule has 3 unspecified atom stereocenters. The van der Waals surface area contributed by atoms with Gasteiger partial charge in [-0.3, -0.25) is 9.05 Å². The molecule has 0 aliphatic rings. The third-order valence-electron chi connectivity index (χ3n) is 1.54. The number of halogens is 5. The molecule has 0 aromatic heterocycles. The minimum absolute atomic E-state index is 0.568. The Hall–Kier alpha value is 0.150. The Labute approximate surface area is 100.0 Å². The second kappa shape index (κ2) is 6.36. The van der Waals surface area contributed by atoms with Crippen LogP contribution < -0.4 is 0 Å². The maximum absolute atomic E-state index is 13.0. The maximum atomic E-state index is 13.0. The van der Waals surface area contributed by atoms with Gasteiger partial charge in [0.05, 0.1) is 18.3 Å². The average molecular weight is 302 g/mol. The molecule has 0 aromatic rings. The number of rotatable bonds is 7. The molecule has 0 fully saturated rings. The molecule has 0 aliphatic carbocycles. The van der Waals surface area contributed by atoms with Crippen LogP contribution in [0.4, 0.5) is 21.3 Å². The Morgan fingerprint density at radius 2 is 1.71 bits per heavy atom. The summed E-state index contributed by atoms with van der Waals surface area (Å²) >= 11 is -1.25. The van der Waals surface area contributed by atoms with Crippen molar-refractivity contribution in [2.45, 2.75) is 44.4 Å². The summed E-state index contributed by atoms with van der Waals surface area (Å²) in [6.45, 7) is 3.17. The van der Waals surface area contributed by atoms with E-state index in [1.54, 1.807) is 0 Å². The van der Waals surface area contributed by atoms with E-state index >= 15 is 0 Å². The fourth-order valence-corrected chi connectivity index (χ4v) is 2.16. The highest BCUT2D eigenvalue weighted by molar-refractivity contribution is 7.94. The van der Waals surface area contributed by atoms with Crippen molar-refractivity contribution in [2.24, 2.45) is 0 Å². The topological polar surface area (TPSA) is 35.5 Å². The van der Waals surface area contributed by atoms with E-state index < -0.39 is 43.7 Å². The van der Waals surface area contributed by atoms with Crippen LogP contribution in [0.3, 0.4) is 0 Å². The summed E-state index contributed by atoms with van der Waals surface area (Å²) in [4.78, 5) is 0. The van der Waals surface area contributed by atoms with Gasteiger partial charge in [0, 0.05) is 0 Å². The zero-order chi connectivity index (χ0) is 13.9. The predicted octanol–water partition coefficient (Wildman–Crippen LogP) is 4.44. The molecule has 0 N–H and O–H groups in total. The lowest BCUT2D eigenvalue weighted by Gasteiger charge is -2.25. The summed E-state index contributed by atoms with van der Waals surface area (Å²) in [5.74, 6) is -4.33. The van der Waals surface area contributed by atoms with Crippen LogP contribution in [0, 0.1) is 0 Å². The smallest absolute Gasteiger partial charge is 0.281 e. The molecule has 104 valence electrons. The minimum Gasteiger partial charge on any atom is -0.281 e. The second-order valence-corrected chi connectivity index (χ2v) is 5.29. The molecule has 10 heteroatoms. The molecule has 3 atom stereocenters. The van der Waals surface area contributed by atoms with Crippen LogP contribution in [0.15, 0.2) is 0 Å². The van der Waals surface area contributed by atoms with Crippen LogP contribution in [0.1, 0.15) is 20.8 Å². The maximum Gasteiger partial charge on any atom is 0.513 e. The van der Waals surface area contributed by atoms with Gasteiger partial charge in [-0.05, 0) is 20.8 Å². The van der Waals surface area contributed by atoms with Gasteiger partial charge in [-0.25, -0.2) is 8.96 Å². The number of hydrogen-bond acceptors (Lipinski definition) is 4. The highest BCUT2D eigenvalue weighted by atomic mass is 32.2. The summed E-state index contributed by atoms with van der Waals surface area (Å²) < 4.78 is 82.1. The molecule has 0 radical (unpaired) electrons. The van der Waals surface area contributed by atoms with Crippen molar-refractivity contribution < 1.29 is 34.9 Å². The lowest BCUT2D eigenvalue weighted by atomic mass is 10.2. The van der Waals surface area contributed by atoms with E-state index in [2.05, 4.69) is 9.05 Å². The van der Waals surface area contributed by atoms with Gasteiger partial charge < -0.3 is 0 Å². The van der Waals surface area contributed by atoms with E-state index in [9.17, 15) is 25.8 Å². The van der Waals surface area contributed by atoms with Gasteiger partial charge >= 0.3 is 13.8 Å². The Bertz CT molecular complexity index is 291. The van der Waals surface area contributed by atoms with Crippen molar-refractivity contribution in [1.29, 1.82) is 0 Å². The van der Waals surface area contributed by atoms with E-state index in [-0.39, 0.29) is 0 Å². The van der Waals surface area contributed by atoms with Crippen LogP contribution in [0.25, 0.3) is 0 Å². The number of alkyl halides is 3. The molecule has 0 amide bonds. The lowest BCUT2D eigenvalue weighted by Crippen LogP contribution is -2.39. The fourth-order valence-electron chi connectivity index (χ4n) is 0.780. The van der Waals surface area contributed by atoms with Gasteiger partial charge in [0.15, 0.2) is 0 Å². The summed E-state index contributed by atoms with van der Waals surface area (Å²) in [6.07, 6.45) is -3.31. The third kappa shape index (κ3) is 5.54. The van der Waals surface area contributed by atoms with E-state index in [4.69, 9.17) is 0 Å². The van der Waals surface area contributed by atoms with Crippen LogP contribution in [-0.2, 0) is 13.6 Å². The molecule has 0 saturated carbocycles. The van der Waals surface area contributed by atoms with E-state index in [1.807, 2.05) is 0 Å². The molecule has 17 heavy (non-hydrogen) atoms. The Morgan fingerprint density at radius 3 is 2.06 bits per heavy atom. The zero-order valence-corrected chi connectivity index (χ0v) is 10.9. The van der Waals surface area contributed by atoms with Crippen LogP contribution in [0.5, 0.6) is 0 Å². The molecule has 3 nitrogen and oxygen atoms in total. The van der Waals surface area contributed by atoms with Gasteiger partial charge in [-0.15, -0.1) is 4.20 Å². The normalized spacial score (nSPS) is 20.1. The molecule has 0 heterocycles. The van der Waals surface area contributed by atoms with E-state index in [0.29, 0.717) is 6.92 Å². The van der Waals surface area contributed by atoms with E-state index in [1.165, 1.54) is 13.8 Å². The van der Waals surface area contributed by atoms with E-state index in [0.717, 1.165) is 0 Å². The largest absolute Gasteiger partial charge is 0.513 e. The van der Waals surface area contributed by atoms with Crippen molar-refractivity contribution in [3.63, 3.8) is 0 Å². The second-order valence-electron chi connectivity index (χ2n) is 3.41. The summed E-state index contributed by atoms with van der Waals surface area (Å²) in [5, 5.41) is 0. The summed E-state index contributed by atoms with van der Waals surface area (Å²) in [5.41, 5.74) is -3.24. The van der Waals surface area contributed by atoms with Gasteiger partial charge in [0.1, 0.15) is 6.10 Å². The first-order valence-electron chi connectivity index (χ1n) is 4.48. The molecular formula is C7H12F5O3PS. The molecule has 0 spiro atoms. The fraction of sp³-hybridized carbons (Fsp3) is 1.00. The molecule has 0 saturated heterocycles. The van der Waals surface area contributed by atoms with Crippen LogP contribution in [0.2, 0.25) is 0 Å². The summed E-state index contributed by atoms with van der Waals surface area (Å²) in [6, 6.07) is 0. The molecule has 0 rings (SSSR count). The highest BCUT2D eigenvalue weighted by Crippen LogP contribution is 2.54. The average Bonchev–Trinajstić information content (AvgIpc) is 2.13. The first-order chi connectivity index (χ1) is 7.53. The SMILES string of the molecule is CC(C)OP(=O)(F)OC(C)C(F)(F)C(F)SF. The van der Waals surface area contributed by atoms with Gasteiger partial charge in [0.2, 0.25) is 5.50 Å². The van der Waals surface area contributed by atoms with Crippen molar-refractivity contribution in [2.75, 3.05) is 0 Å². The first kappa shape index (κ1) is 17.2. The third-order valence-corrected chi connectivity index (χ3v) is 3.26. The number of hydrogen-bond donors (Lipinski definition) is 0. The van der Waals surface area contributed by atoms with Crippen molar-refractivity contribution in [1.82, 2.24) is 0 Å². The van der Waals surface area contributed by atoms with Gasteiger partial charge in [-0.1, -0.05) is 0 Å². The molecule has 0 bridgehead atoms. The standard InChI is InChI=1S/C7H12F5O3PS/c1-4(2)14-16(11,13)15-5(3)7(9,10)6(8)17-12/h4-6H,1-3H3. The van der Waals surface area contributed by atoms with Crippen LogP contribution in [-0.4, -0.2) is 23.6 Å². The molecule has 0 aliphatic heterocycles. The quantitative estimate of drug-likeness (QED) is 0.514. The Morgan fingerprint density at radius 1 is 1.24 bits per heavy atom. The summed E-state index contributed by atoms with van der Waals surface area (Å²) in [7, 11) is -5.23. The van der Waals surface area contributed by atoms with Gasteiger partial charge in [0.25, 0.3) is 0 Å². The molecular weight excluding hydrogens is 290 g/mol. The Balaban J connectivity index is 4.63. The Kier molecular flexibility index (Phi) is 6.41. The first-order valence-corrected chi connectivity index (χ1v) is 6.70. The van der Waals surface area contributed by atoms with Gasteiger partial charge in [-0.2, -0.15) is 12.7 Å². The zero-order valence-electron chi connectivity index (χ0n) is 9.20. The molecule has 0 aromatic carbocycles. The monoisotopic (exact) mass is 302 g/mol. The highest BCUT2D eigenvalue weighted by Gasteiger charge is 2.50. The van der Waals surface area contributed by atoms with Crippen LogP contribution >= 0.6 is 20.1 Å². The minimum atomic E-state index is -5.23. The van der Waals surface area contributed by atoms with Crippen molar-refractivity contribution in [3.8, 4) is 0 Å². The predicted molar refractivity (Wildman–Crippen MR) is 54.0 cm³/mol. The lowest BCUT2D eigenvalue weighted by molar-refractivity contribution is -0.119. The van der Waals surface area contributed by atoms with Crippen molar-refractivity contribution in [3.05, 3.63) is 0 Å².